The monoisotopic (exact) mass is 408 g/mol. The van der Waals surface area contributed by atoms with Crippen LogP contribution in [-0.2, 0) is 11.2 Å². The van der Waals surface area contributed by atoms with E-state index in [1.807, 2.05) is 49.4 Å². The maximum absolute atomic E-state index is 12.7. The smallest absolute Gasteiger partial charge is 0.410 e. The van der Waals surface area contributed by atoms with Crippen molar-refractivity contribution in [2.75, 3.05) is 19.8 Å². The van der Waals surface area contributed by atoms with Gasteiger partial charge in [0.25, 0.3) is 0 Å². The molecule has 1 atom stereocenters. The molecule has 0 aliphatic carbocycles. The predicted molar refractivity (Wildman–Crippen MR) is 113 cm³/mol. The molecule has 2 aromatic carbocycles. The van der Waals surface area contributed by atoms with Gasteiger partial charge in [0, 0.05) is 28.2 Å². The van der Waals surface area contributed by atoms with Gasteiger partial charge in [-0.15, -0.1) is 6.42 Å². The van der Waals surface area contributed by atoms with E-state index in [1.165, 1.54) is 5.56 Å². The highest BCUT2D eigenvalue weighted by molar-refractivity contribution is 6.31. The third-order valence-corrected chi connectivity index (χ3v) is 5.34. The molecule has 1 aromatic heterocycles. The van der Waals surface area contributed by atoms with Crippen LogP contribution in [0.25, 0.3) is 10.9 Å². The number of aromatic amines is 1. The number of rotatable bonds is 4. The predicted octanol–water partition coefficient (Wildman–Crippen LogP) is 4.94. The molecule has 0 spiro atoms. The van der Waals surface area contributed by atoms with Crippen LogP contribution >= 0.6 is 11.6 Å². The highest BCUT2D eigenvalue weighted by atomic mass is 35.5. The molecule has 1 amide bonds. The maximum atomic E-state index is 12.7. The minimum atomic E-state index is -0.326. The molecule has 1 aliphatic rings. The Balaban J connectivity index is 1.79. The number of fused-ring (bicyclic) bond motifs is 3. The molecule has 0 saturated heterocycles. The number of carbonyl (C=O) groups excluding carboxylic acids is 1. The van der Waals surface area contributed by atoms with Crippen molar-refractivity contribution >= 4 is 28.6 Å². The van der Waals surface area contributed by atoms with Crippen molar-refractivity contribution in [2.24, 2.45) is 0 Å². The average Bonchev–Trinajstić information content (AvgIpc) is 3.10. The Morgan fingerprint density at radius 1 is 1.31 bits per heavy atom. The lowest BCUT2D eigenvalue weighted by Crippen LogP contribution is -2.40. The lowest BCUT2D eigenvalue weighted by atomic mass is 9.92. The average molecular weight is 409 g/mol. The van der Waals surface area contributed by atoms with Crippen molar-refractivity contribution < 1.29 is 14.3 Å². The number of benzene rings is 2. The number of amides is 1. The summed E-state index contributed by atoms with van der Waals surface area (Å²) < 4.78 is 10.8. The number of halogens is 1. The molecule has 0 fully saturated rings. The van der Waals surface area contributed by atoms with Gasteiger partial charge in [0.2, 0.25) is 0 Å². The van der Waals surface area contributed by atoms with E-state index >= 15 is 0 Å². The lowest BCUT2D eigenvalue weighted by molar-refractivity contribution is 0.0932. The Labute approximate surface area is 174 Å². The minimum Gasteiger partial charge on any atom is -0.481 e. The van der Waals surface area contributed by atoms with Crippen LogP contribution < -0.4 is 4.74 Å². The molecule has 4 rings (SSSR count). The summed E-state index contributed by atoms with van der Waals surface area (Å²) in [7, 11) is 0. The van der Waals surface area contributed by atoms with E-state index in [-0.39, 0.29) is 18.7 Å². The standard InChI is InChI=1S/C23H21ClN2O3/c1-3-13-29-17-8-5-15(6-9-17)22-21-18(11-12-26(22)23(27)28-4-2)19-14-16(24)7-10-20(19)25-21/h1,5-10,14,22,25H,4,11-13H2,2H3. The summed E-state index contributed by atoms with van der Waals surface area (Å²) in [4.78, 5) is 18.0. The summed E-state index contributed by atoms with van der Waals surface area (Å²) in [5.74, 6) is 3.14. The number of aromatic nitrogens is 1. The lowest BCUT2D eigenvalue weighted by Gasteiger charge is -2.35. The van der Waals surface area contributed by atoms with Crippen molar-refractivity contribution in [1.29, 1.82) is 0 Å². The second kappa shape index (κ2) is 8.10. The van der Waals surface area contributed by atoms with Crippen LogP contribution in [0.1, 0.15) is 29.8 Å². The topological polar surface area (TPSA) is 54.6 Å². The van der Waals surface area contributed by atoms with Gasteiger partial charge in [-0.3, -0.25) is 4.90 Å². The van der Waals surface area contributed by atoms with Crippen LogP contribution in [0.4, 0.5) is 4.79 Å². The molecule has 1 unspecified atom stereocenters. The molecule has 0 saturated carbocycles. The Kier molecular flexibility index (Phi) is 5.37. The molecule has 3 aromatic rings. The summed E-state index contributed by atoms with van der Waals surface area (Å²) in [6.45, 7) is 2.91. The van der Waals surface area contributed by atoms with Gasteiger partial charge in [0.1, 0.15) is 18.4 Å². The van der Waals surface area contributed by atoms with Crippen LogP contribution in [0.3, 0.4) is 0 Å². The van der Waals surface area contributed by atoms with E-state index in [4.69, 9.17) is 27.5 Å². The van der Waals surface area contributed by atoms with Crippen LogP contribution in [0.2, 0.25) is 5.02 Å². The fraction of sp³-hybridized carbons (Fsp3) is 0.261. The molecule has 29 heavy (non-hydrogen) atoms. The van der Waals surface area contributed by atoms with Crippen molar-refractivity contribution in [3.05, 3.63) is 64.3 Å². The molecule has 1 aliphatic heterocycles. The number of hydrogen-bond donors (Lipinski definition) is 1. The molecular weight excluding hydrogens is 388 g/mol. The Hall–Kier alpha value is -3.10. The third kappa shape index (κ3) is 3.64. The van der Waals surface area contributed by atoms with Gasteiger partial charge in [-0.1, -0.05) is 29.7 Å². The summed E-state index contributed by atoms with van der Waals surface area (Å²) >= 11 is 6.22. The minimum absolute atomic E-state index is 0.213. The molecule has 5 nitrogen and oxygen atoms in total. The molecule has 6 heteroatoms. The van der Waals surface area contributed by atoms with Crippen molar-refractivity contribution in [1.82, 2.24) is 9.88 Å². The second-order valence-corrected chi connectivity index (χ2v) is 7.25. The summed E-state index contributed by atoms with van der Waals surface area (Å²) in [6.07, 6.45) is 5.66. The number of carbonyl (C=O) groups is 1. The Morgan fingerprint density at radius 2 is 2.10 bits per heavy atom. The van der Waals surface area contributed by atoms with Crippen LogP contribution in [0, 0.1) is 12.3 Å². The van der Waals surface area contributed by atoms with Gasteiger partial charge in [0.05, 0.1) is 6.61 Å². The molecule has 0 radical (unpaired) electrons. The Bertz CT molecular complexity index is 1080. The zero-order chi connectivity index (χ0) is 20.4. The number of nitrogens with one attached hydrogen (secondary N) is 1. The number of ether oxygens (including phenoxy) is 2. The first-order chi connectivity index (χ1) is 14.1. The highest BCUT2D eigenvalue weighted by Gasteiger charge is 2.35. The Morgan fingerprint density at radius 3 is 2.83 bits per heavy atom. The third-order valence-electron chi connectivity index (χ3n) is 5.11. The van der Waals surface area contributed by atoms with E-state index in [1.54, 1.807) is 4.90 Å². The van der Waals surface area contributed by atoms with Crippen LogP contribution in [0.15, 0.2) is 42.5 Å². The van der Waals surface area contributed by atoms with Crippen molar-refractivity contribution in [3.8, 4) is 18.1 Å². The fourth-order valence-corrected chi connectivity index (χ4v) is 4.05. The van der Waals surface area contributed by atoms with Gasteiger partial charge in [-0.25, -0.2) is 4.79 Å². The first-order valence-corrected chi connectivity index (χ1v) is 9.89. The van der Waals surface area contributed by atoms with Gasteiger partial charge in [-0.05, 0) is 54.8 Å². The second-order valence-electron chi connectivity index (χ2n) is 6.81. The molecular formula is C23H21ClN2O3. The molecule has 2 heterocycles. The van der Waals surface area contributed by atoms with E-state index in [0.717, 1.165) is 28.6 Å². The van der Waals surface area contributed by atoms with E-state index in [9.17, 15) is 4.79 Å². The van der Waals surface area contributed by atoms with Gasteiger partial charge in [-0.2, -0.15) is 0 Å². The number of hydrogen-bond acceptors (Lipinski definition) is 3. The quantitative estimate of drug-likeness (QED) is 0.622. The molecule has 0 bridgehead atoms. The van der Waals surface area contributed by atoms with E-state index < -0.39 is 0 Å². The maximum Gasteiger partial charge on any atom is 0.410 e. The molecule has 148 valence electrons. The van der Waals surface area contributed by atoms with E-state index in [0.29, 0.717) is 23.9 Å². The zero-order valence-electron chi connectivity index (χ0n) is 16.1. The normalized spacial score (nSPS) is 15.6. The fourth-order valence-electron chi connectivity index (χ4n) is 3.88. The number of nitrogens with zero attached hydrogens (tertiary/aromatic N) is 1. The van der Waals surface area contributed by atoms with Gasteiger partial charge >= 0.3 is 6.09 Å². The van der Waals surface area contributed by atoms with Crippen LogP contribution in [0.5, 0.6) is 5.75 Å². The van der Waals surface area contributed by atoms with Gasteiger partial charge < -0.3 is 14.5 Å². The first kappa shape index (κ1) is 19.2. The SMILES string of the molecule is C#CCOc1ccc(C2c3[nH]c4ccc(Cl)cc4c3CCN2C(=O)OCC)cc1. The van der Waals surface area contributed by atoms with Crippen LogP contribution in [-0.4, -0.2) is 35.7 Å². The highest BCUT2D eigenvalue weighted by Crippen LogP contribution is 2.39. The molecule has 1 N–H and O–H groups in total. The van der Waals surface area contributed by atoms with Crippen molar-refractivity contribution in [3.63, 3.8) is 0 Å². The summed E-state index contributed by atoms with van der Waals surface area (Å²) in [5, 5.41) is 1.79. The number of H-pyrrole nitrogens is 1. The van der Waals surface area contributed by atoms with E-state index in [2.05, 4.69) is 10.9 Å². The zero-order valence-corrected chi connectivity index (χ0v) is 16.8. The summed E-state index contributed by atoms with van der Waals surface area (Å²) in [6, 6.07) is 13.2. The first-order valence-electron chi connectivity index (χ1n) is 9.52. The summed E-state index contributed by atoms with van der Waals surface area (Å²) in [5.41, 5.74) is 4.13. The van der Waals surface area contributed by atoms with Crippen molar-refractivity contribution in [2.45, 2.75) is 19.4 Å². The van der Waals surface area contributed by atoms with Gasteiger partial charge in [0.15, 0.2) is 0 Å². The largest absolute Gasteiger partial charge is 0.481 e. The number of terminal acetylenes is 1.